The largest absolute Gasteiger partial charge is 0.466 e. The number of hydrogen-bond donors (Lipinski definition) is 2. The fourth-order valence-corrected chi connectivity index (χ4v) is 3.83. The van der Waals surface area contributed by atoms with Crippen molar-refractivity contribution in [1.29, 1.82) is 0 Å². The Balaban J connectivity index is 1.89. The van der Waals surface area contributed by atoms with Crippen molar-refractivity contribution in [2.75, 3.05) is 13.2 Å². The maximum absolute atomic E-state index is 12.4. The van der Waals surface area contributed by atoms with Crippen molar-refractivity contribution in [3.8, 4) is 0 Å². The van der Waals surface area contributed by atoms with Gasteiger partial charge in [-0.15, -0.1) is 0 Å². The van der Waals surface area contributed by atoms with Crippen LogP contribution in [0.2, 0.25) is 0 Å². The minimum atomic E-state index is -0.477. The van der Waals surface area contributed by atoms with E-state index in [9.17, 15) is 9.59 Å². The summed E-state index contributed by atoms with van der Waals surface area (Å²) in [5, 5.41) is 10.4. The van der Waals surface area contributed by atoms with E-state index in [0.29, 0.717) is 13.2 Å². The molecule has 7 nitrogen and oxygen atoms in total. The zero-order valence-corrected chi connectivity index (χ0v) is 16.5. The van der Waals surface area contributed by atoms with E-state index in [1.807, 2.05) is 25.6 Å². The molecule has 26 heavy (non-hydrogen) atoms. The maximum atomic E-state index is 12.4. The molecule has 0 bridgehead atoms. The van der Waals surface area contributed by atoms with Crippen LogP contribution in [-0.2, 0) is 23.0 Å². The number of ether oxygens (including phenoxy) is 1. The Bertz CT molecular complexity index is 633. The molecule has 0 aliphatic heterocycles. The molecule has 1 fully saturated rings. The molecule has 1 aromatic rings. The highest BCUT2D eigenvalue weighted by atomic mass is 16.5. The highest BCUT2D eigenvalue weighted by molar-refractivity contribution is 5.77. The second-order valence-corrected chi connectivity index (χ2v) is 7.23. The number of amides is 2. The van der Waals surface area contributed by atoms with Gasteiger partial charge in [-0.2, -0.15) is 5.10 Å². The summed E-state index contributed by atoms with van der Waals surface area (Å²) in [5.41, 5.74) is 2.81. The molecule has 0 aromatic carbocycles. The molecule has 2 rings (SSSR count). The summed E-state index contributed by atoms with van der Waals surface area (Å²) in [6, 6.07) is -0.213. The molecule has 0 atom stereocenters. The lowest BCUT2D eigenvalue weighted by Crippen LogP contribution is -2.54. The molecule has 2 amide bonds. The highest BCUT2D eigenvalue weighted by Gasteiger charge is 2.36. The number of nitrogens with zero attached hydrogens (tertiary/aromatic N) is 2. The van der Waals surface area contributed by atoms with E-state index in [4.69, 9.17) is 4.74 Å². The Morgan fingerprint density at radius 3 is 2.50 bits per heavy atom. The quantitative estimate of drug-likeness (QED) is 0.728. The number of aromatic nitrogens is 2. The first kappa shape index (κ1) is 20.3. The number of nitrogens with one attached hydrogen (secondary N) is 2. The molecule has 1 aliphatic rings. The summed E-state index contributed by atoms with van der Waals surface area (Å²) in [5.74, 6) is -0.240. The van der Waals surface area contributed by atoms with Crippen LogP contribution in [0.15, 0.2) is 0 Å². The SMILES string of the molecule is CCOC(=O)CC1(NC(=O)NCCc2c(C)nn(C)c2C)CCCCC1. The van der Waals surface area contributed by atoms with Gasteiger partial charge in [0.2, 0.25) is 0 Å². The van der Waals surface area contributed by atoms with Crippen LogP contribution in [-0.4, -0.2) is 40.5 Å². The molecule has 1 saturated carbocycles. The lowest BCUT2D eigenvalue weighted by molar-refractivity contribution is -0.145. The number of rotatable bonds is 7. The molecule has 1 aliphatic carbocycles. The van der Waals surface area contributed by atoms with Crippen molar-refractivity contribution in [2.24, 2.45) is 7.05 Å². The van der Waals surface area contributed by atoms with Crippen molar-refractivity contribution in [3.05, 3.63) is 17.0 Å². The van der Waals surface area contributed by atoms with Crippen LogP contribution >= 0.6 is 0 Å². The van der Waals surface area contributed by atoms with E-state index in [2.05, 4.69) is 15.7 Å². The van der Waals surface area contributed by atoms with Crippen LogP contribution in [0.4, 0.5) is 4.79 Å². The fourth-order valence-electron chi connectivity index (χ4n) is 3.83. The zero-order chi connectivity index (χ0) is 19.2. The van der Waals surface area contributed by atoms with Crippen LogP contribution in [0.1, 0.15) is 62.4 Å². The first-order chi connectivity index (χ1) is 12.4. The van der Waals surface area contributed by atoms with Crippen molar-refractivity contribution >= 4 is 12.0 Å². The van der Waals surface area contributed by atoms with E-state index in [1.54, 1.807) is 6.92 Å². The average Bonchev–Trinajstić information content (AvgIpc) is 2.81. The van der Waals surface area contributed by atoms with E-state index in [1.165, 1.54) is 5.56 Å². The topological polar surface area (TPSA) is 85.2 Å². The first-order valence-corrected chi connectivity index (χ1v) is 9.57. The van der Waals surface area contributed by atoms with Crippen molar-refractivity contribution < 1.29 is 14.3 Å². The Morgan fingerprint density at radius 2 is 1.92 bits per heavy atom. The van der Waals surface area contributed by atoms with Crippen molar-refractivity contribution in [3.63, 3.8) is 0 Å². The number of esters is 1. The van der Waals surface area contributed by atoms with E-state index in [-0.39, 0.29) is 18.4 Å². The normalized spacial score (nSPS) is 16.2. The third-order valence-corrected chi connectivity index (χ3v) is 5.30. The van der Waals surface area contributed by atoms with Gasteiger partial charge in [0.25, 0.3) is 0 Å². The predicted octanol–water partition coefficient (Wildman–Crippen LogP) is 2.53. The minimum absolute atomic E-state index is 0.213. The standard InChI is InChI=1S/C19H32N4O3/c1-5-26-17(24)13-19(10-7-6-8-11-19)21-18(25)20-12-9-16-14(2)22-23(4)15(16)3/h5-13H2,1-4H3,(H2,20,21,25). The second kappa shape index (κ2) is 9.05. The molecule has 0 radical (unpaired) electrons. The Kier molecular flexibility index (Phi) is 7.06. The van der Waals surface area contributed by atoms with E-state index in [0.717, 1.165) is 49.9 Å². The molecular formula is C19H32N4O3. The molecular weight excluding hydrogens is 332 g/mol. The van der Waals surface area contributed by atoms with Crippen LogP contribution in [0.5, 0.6) is 0 Å². The van der Waals surface area contributed by atoms with Gasteiger partial charge in [0, 0.05) is 19.3 Å². The monoisotopic (exact) mass is 364 g/mol. The van der Waals surface area contributed by atoms with Crippen LogP contribution in [0.3, 0.4) is 0 Å². The van der Waals surface area contributed by atoms with Gasteiger partial charge in [-0.1, -0.05) is 19.3 Å². The third kappa shape index (κ3) is 5.22. The van der Waals surface area contributed by atoms with Crippen LogP contribution < -0.4 is 10.6 Å². The molecule has 1 heterocycles. The number of carbonyl (C=O) groups excluding carboxylic acids is 2. The third-order valence-electron chi connectivity index (χ3n) is 5.30. The van der Waals surface area contributed by atoms with E-state index < -0.39 is 5.54 Å². The lowest BCUT2D eigenvalue weighted by Gasteiger charge is -2.37. The summed E-state index contributed by atoms with van der Waals surface area (Å²) in [4.78, 5) is 24.4. The number of carbonyl (C=O) groups is 2. The Morgan fingerprint density at radius 1 is 1.23 bits per heavy atom. The Labute approximate surface area is 155 Å². The number of urea groups is 1. The van der Waals surface area contributed by atoms with Gasteiger partial charge in [0.05, 0.1) is 24.3 Å². The van der Waals surface area contributed by atoms with Crippen molar-refractivity contribution in [2.45, 2.75) is 71.3 Å². The zero-order valence-electron chi connectivity index (χ0n) is 16.5. The highest BCUT2D eigenvalue weighted by Crippen LogP contribution is 2.31. The molecule has 146 valence electrons. The van der Waals surface area contributed by atoms with Gasteiger partial charge >= 0.3 is 12.0 Å². The summed E-state index contributed by atoms with van der Waals surface area (Å²) in [6.07, 6.45) is 5.81. The summed E-state index contributed by atoms with van der Waals surface area (Å²) < 4.78 is 6.96. The van der Waals surface area contributed by atoms with Gasteiger partial charge in [-0.05, 0) is 45.6 Å². The predicted molar refractivity (Wildman–Crippen MR) is 100.0 cm³/mol. The molecule has 0 saturated heterocycles. The van der Waals surface area contributed by atoms with Gasteiger partial charge in [0.1, 0.15) is 0 Å². The van der Waals surface area contributed by atoms with Gasteiger partial charge < -0.3 is 15.4 Å². The molecule has 0 spiro atoms. The summed E-state index contributed by atoms with van der Waals surface area (Å²) in [7, 11) is 1.92. The van der Waals surface area contributed by atoms with E-state index >= 15 is 0 Å². The molecule has 2 N–H and O–H groups in total. The summed E-state index contributed by atoms with van der Waals surface area (Å²) >= 11 is 0. The average molecular weight is 364 g/mol. The first-order valence-electron chi connectivity index (χ1n) is 9.57. The van der Waals surface area contributed by atoms with Crippen molar-refractivity contribution in [1.82, 2.24) is 20.4 Å². The lowest BCUT2D eigenvalue weighted by atomic mass is 9.79. The van der Waals surface area contributed by atoms with Gasteiger partial charge in [-0.25, -0.2) is 4.79 Å². The number of hydrogen-bond acceptors (Lipinski definition) is 4. The molecule has 1 aromatic heterocycles. The van der Waals surface area contributed by atoms with Gasteiger partial charge in [-0.3, -0.25) is 9.48 Å². The molecule has 7 heteroatoms. The smallest absolute Gasteiger partial charge is 0.315 e. The fraction of sp³-hybridized carbons (Fsp3) is 0.737. The summed E-state index contributed by atoms with van der Waals surface area (Å²) in [6.45, 7) is 6.72. The second-order valence-electron chi connectivity index (χ2n) is 7.23. The van der Waals surface area contributed by atoms with Gasteiger partial charge in [0.15, 0.2) is 0 Å². The number of aryl methyl sites for hydroxylation is 2. The van der Waals surface area contributed by atoms with Crippen LogP contribution in [0, 0.1) is 13.8 Å². The maximum Gasteiger partial charge on any atom is 0.315 e. The minimum Gasteiger partial charge on any atom is -0.466 e. The molecule has 0 unspecified atom stereocenters. The van der Waals surface area contributed by atoms with Crippen LogP contribution in [0.25, 0.3) is 0 Å². The Hall–Kier alpha value is -2.05.